The molecule has 0 aliphatic heterocycles. The lowest BCUT2D eigenvalue weighted by Gasteiger charge is -2.13. The minimum absolute atomic E-state index is 0.0815. The van der Waals surface area contributed by atoms with Crippen molar-refractivity contribution in [2.45, 2.75) is 18.3 Å². The highest BCUT2D eigenvalue weighted by Gasteiger charge is 2.34. The average Bonchev–Trinajstić information content (AvgIpc) is 3.02. The van der Waals surface area contributed by atoms with Gasteiger partial charge in [0.25, 0.3) is 0 Å². The highest BCUT2D eigenvalue weighted by molar-refractivity contribution is 7.99. The Morgan fingerprint density at radius 3 is 2.77 bits per heavy atom. The number of hydrogen-bond donors (Lipinski definition) is 2. The van der Waals surface area contributed by atoms with Gasteiger partial charge < -0.3 is 10.3 Å². The van der Waals surface area contributed by atoms with E-state index in [1.54, 1.807) is 0 Å². The number of hydrogen-bond acceptors (Lipinski definition) is 5. The van der Waals surface area contributed by atoms with E-state index in [-0.39, 0.29) is 15.9 Å². The van der Waals surface area contributed by atoms with Crippen LogP contribution in [-0.4, -0.2) is 31.8 Å². The number of H-pyrrole nitrogens is 1. The SMILES string of the molecule is Cc1ccc2[nH]c3nc(SCC(=O)Nc4cc(Cl)ccc4C(F)(F)F)nnc3c2c1. The number of nitrogens with zero attached hydrogens (tertiary/aromatic N) is 3. The van der Waals surface area contributed by atoms with Crippen molar-refractivity contribution in [3.8, 4) is 0 Å². The standard InChI is InChI=1S/C19H13ClF3N5OS/c1-9-2-5-13-11(6-9)16-17(25-13)26-18(28-27-16)30-8-15(29)24-14-7-10(20)3-4-12(14)19(21,22)23/h2-7H,8H2,1H3,(H,24,29)(H,25,26,28). The molecule has 0 radical (unpaired) electrons. The molecule has 1 amide bonds. The van der Waals surface area contributed by atoms with Crippen LogP contribution in [0.15, 0.2) is 41.6 Å². The van der Waals surface area contributed by atoms with Crippen molar-refractivity contribution in [1.82, 2.24) is 20.2 Å². The van der Waals surface area contributed by atoms with E-state index in [2.05, 4.69) is 25.5 Å². The van der Waals surface area contributed by atoms with E-state index < -0.39 is 23.3 Å². The summed E-state index contributed by atoms with van der Waals surface area (Å²) >= 11 is 6.73. The van der Waals surface area contributed by atoms with E-state index in [4.69, 9.17) is 11.6 Å². The number of rotatable bonds is 4. The summed E-state index contributed by atoms with van der Waals surface area (Å²) in [6, 6.07) is 8.83. The molecule has 2 aromatic heterocycles. The zero-order valence-electron chi connectivity index (χ0n) is 15.3. The number of nitrogens with one attached hydrogen (secondary N) is 2. The lowest BCUT2D eigenvalue weighted by Crippen LogP contribution is -2.18. The van der Waals surface area contributed by atoms with Crippen molar-refractivity contribution in [2.24, 2.45) is 0 Å². The van der Waals surface area contributed by atoms with E-state index in [0.717, 1.165) is 46.4 Å². The summed E-state index contributed by atoms with van der Waals surface area (Å²) in [7, 11) is 0. The predicted molar refractivity (Wildman–Crippen MR) is 110 cm³/mol. The molecule has 154 valence electrons. The van der Waals surface area contributed by atoms with Gasteiger partial charge in [-0.2, -0.15) is 13.2 Å². The average molecular weight is 452 g/mol. The summed E-state index contributed by atoms with van der Waals surface area (Å²) in [5.74, 6) is -0.847. The molecule has 4 aromatic rings. The van der Waals surface area contributed by atoms with Crippen LogP contribution in [0.5, 0.6) is 0 Å². The Kier molecular flexibility index (Phi) is 5.29. The number of aryl methyl sites for hydroxylation is 1. The molecule has 30 heavy (non-hydrogen) atoms. The molecular formula is C19H13ClF3N5OS. The Morgan fingerprint density at radius 2 is 2.00 bits per heavy atom. The van der Waals surface area contributed by atoms with Crippen molar-refractivity contribution < 1.29 is 18.0 Å². The van der Waals surface area contributed by atoms with Crippen LogP contribution in [0.1, 0.15) is 11.1 Å². The van der Waals surface area contributed by atoms with Crippen LogP contribution in [-0.2, 0) is 11.0 Å². The van der Waals surface area contributed by atoms with Gasteiger partial charge in [-0.05, 0) is 37.3 Å². The van der Waals surface area contributed by atoms with Gasteiger partial charge in [0, 0.05) is 15.9 Å². The molecule has 0 saturated heterocycles. The molecule has 0 bridgehead atoms. The van der Waals surface area contributed by atoms with Crippen molar-refractivity contribution >= 4 is 57.0 Å². The Balaban J connectivity index is 1.50. The maximum Gasteiger partial charge on any atom is 0.418 e. The topological polar surface area (TPSA) is 83.6 Å². The van der Waals surface area contributed by atoms with Crippen LogP contribution in [0, 0.1) is 6.92 Å². The predicted octanol–water partition coefficient (Wildman–Crippen LogP) is 5.22. The van der Waals surface area contributed by atoms with Crippen molar-refractivity contribution in [3.63, 3.8) is 0 Å². The monoisotopic (exact) mass is 451 g/mol. The molecule has 4 rings (SSSR count). The first-order chi connectivity index (χ1) is 14.2. The molecule has 0 spiro atoms. The van der Waals surface area contributed by atoms with E-state index in [1.165, 1.54) is 0 Å². The summed E-state index contributed by atoms with van der Waals surface area (Å²) in [6.45, 7) is 1.96. The molecule has 2 aromatic carbocycles. The Hall–Kier alpha value is -2.85. The third kappa shape index (κ3) is 4.19. The zero-order chi connectivity index (χ0) is 21.5. The third-order valence-electron chi connectivity index (χ3n) is 4.24. The van der Waals surface area contributed by atoms with Gasteiger partial charge in [-0.3, -0.25) is 4.79 Å². The molecule has 2 heterocycles. The summed E-state index contributed by atoms with van der Waals surface area (Å²) in [5.41, 5.74) is 1.68. The first kappa shape index (κ1) is 20.4. The van der Waals surface area contributed by atoms with Gasteiger partial charge >= 0.3 is 6.18 Å². The van der Waals surface area contributed by atoms with Gasteiger partial charge in [0.15, 0.2) is 5.65 Å². The van der Waals surface area contributed by atoms with E-state index >= 15 is 0 Å². The Bertz CT molecular complexity index is 1270. The second kappa shape index (κ2) is 7.77. The van der Waals surface area contributed by atoms with Gasteiger partial charge in [-0.1, -0.05) is 35.0 Å². The quantitative estimate of drug-likeness (QED) is 0.416. The van der Waals surface area contributed by atoms with Gasteiger partial charge in [-0.15, -0.1) is 10.2 Å². The number of amides is 1. The molecule has 0 unspecified atom stereocenters. The molecule has 11 heteroatoms. The first-order valence-corrected chi connectivity index (χ1v) is 9.99. The van der Waals surface area contributed by atoms with Gasteiger partial charge in [-0.25, -0.2) is 4.98 Å². The summed E-state index contributed by atoms with van der Waals surface area (Å²) in [6.07, 6.45) is -4.62. The van der Waals surface area contributed by atoms with Crippen LogP contribution in [0.2, 0.25) is 5.02 Å². The highest BCUT2D eigenvalue weighted by Crippen LogP contribution is 2.36. The van der Waals surface area contributed by atoms with Crippen LogP contribution < -0.4 is 5.32 Å². The molecule has 0 fully saturated rings. The number of carbonyl (C=O) groups excluding carboxylic acids is 1. The number of aromatic nitrogens is 4. The lowest BCUT2D eigenvalue weighted by atomic mass is 10.1. The van der Waals surface area contributed by atoms with Crippen LogP contribution in [0.3, 0.4) is 0 Å². The number of anilines is 1. The first-order valence-electron chi connectivity index (χ1n) is 8.63. The second-order valence-corrected chi connectivity index (χ2v) is 7.87. The zero-order valence-corrected chi connectivity index (χ0v) is 16.9. The third-order valence-corrected chi connectivity index (χ3v) is 5.32. The normalized spacial score (nSPS) is 11.9. The summed E-state index contributed by atoms with van der Waals surface area (Å²) < 4.78 is 39.3. The van der Waals surface area contributed by atoms with Crippen molar-refractivity contribution in [3.05, 3.63) is 52.5 Å². The largest absolute Gasteiger partial charge is 0.418 e. The Morgan fingerprint density at radius 1 is 1.20 bits per heavy atom. The lowest BCUT2D eigenvalue weighted by molar-refractivity contribution is -0.137. The van der Waals surface area contributed by atoms with Crippen molar-refractivity contribution in [2.75, 3.05) is 11.1 Å². The fraction of sp³-hybridized carbons (Fsp3) is 0.158. The van der Waals surface area contributed by atoms with Gasteiger partial charge in [0.05, 0.1) is 17.0 Å². The number of halogens is 4. The number of alkyl halides is 3. The van der Waals surface area contributed by atoms with E-state index in [1.807, 2.05) is 25.1 Å². The fourth-order valence-corrected chi connectivity index (χ4v) is 3.67. The number of fused-ring (bicyclic) bond motifs is 3. The van der Waals surface area contributed by atoms with Gasteiger partial charge in [0.2, 0.25) is 11.1 Å². The summed E-state index contributed by atoms with van der Waals surface area (Å²) in [5, 5.41) is 11.6. The van der Waals surface area contributed by atoms with Crippen LogP contribution >= 0.6 is 23.4 Å². The minimum Gasteiger partial charge on any atom is -0.338 e. The molecular weight excluding hydrogens is 439 g/mol. The maximum absolute atomic E-state index is 13.1. The maximum atomic E-state index is 13.1. The molecule has 0 saturated carbocycles. The molecule has 0 aliphatic rings. The smallest absolute Gasteiger partial charge is 0.338 e. The minimum atomic E-state index is -4.62. The second-order valence-electron chi connectivity index (χ2n) is 6.49. The van der Waals surface area contributed by atoms with Gasteiger partial charge in [0.1, 0.15) is 5.52 Å². The molecule has 6 nitrogen and oxygen atoms in total. The molecule has 0 atom stereocenters. The fourth-order valence-electron chi connectivity index (χ4n) is 2.91. The molecule has 0 aliphatic carbocycles. The van der Waals surface area contributed by atoms with Crippen LogP contribution in [0.4, 0.5) is 18.9 Å². The highest BCUT2D eigenvalue weighted by atomic mass is 35.5. The Labute approximate surface area is 177 Å². The van der Waals surface area contributed by atoms with Crippen LogP contribution in [0.25, 0.3) is 22.1 Å². The number of carbonyl (C=O) groups is 1. The van der Waals surface area contributed by atoms with E-state index in [9.17, 15) is 18.0 Å². The van der Waals surface area contributed by atoms with E-state index in [0.29, 0.717) is 11.2 Å². The number of aromatic amines is 1. The molecule has 2 N–H and O–H groups in total. The number of thioether (sulfide) groups is 1. The number of benzene rings is 2. The summed E-state index contributed by atoms with van der Waals surface area (Å²) in [4.78, 5) is 19.7. The van der Waals surface area contributed by atoms with Crippen molar-refractivity contribution in [1.29, 1.82) is 0 Å².